The molecule has 16 nitrogen and oxygen atoms in total. The molecule has 60 heavy (non-hydrogen) atoms. The molecule has 5 amide bonds. The minimum Gasteiger partial charge on any atom is -0.489 e. The number of anilines is 1. The number of amides is 5. The normalized spacial score (nSPS) is 22.2. The summed E-state index contributed by atoms with van der Waals surface area (Å²) >= 11 is 6.25. The maximum Gasteiger partial charge on any atom is 0.262 e. The van der Waals surface area contributed by atoms with Crippen molar-refractivity contribution >= 4 is 52.6 Å². The number of ether oxygens (including phenoxy) is 1. The van der Waals surface area contributed by atoms with E-state index in [1.165, 1.54) is 0 Å². The average Bonchev–Trinajstić information content (AvgIpc) is 3.80. The maximum atomic E-state index is 13.4. The molecule has 1 saturated carbocycles. The quantitative estimate of drug-likeness (QED) is 0.159. The van der Waals surface area contributed by atoms with Gasteiger partial charge in [-0.25, -0.2) is 14.5 Å². The molecule has 8 rings (SSSR count). The summed E-state index contributed by atoms with van der Waals surface area (Å²) in [5.74, 6) is -0.977. The highest BCUT2D eigenvalue weighted by atomic mass is 35.5. The van der Waals surface area contributed by atoms with Crippen molar-refractivity contribution in [2.45, 2.75) is 71.6 Å². The minimum absolute atomic E-state index is 0.0574. The molecule has 4 aliphatic rings. The Bertz CT molecular complexity index is 2420. The number of halogens is 1. The van der Waals surface area contributed by atoms with E-state index >= 15 is 0 Å². The number of nitrogens with zero attached hydrogens (tertiary/aromatic N) is 8. The van der Waals surface area contributed by atoms with Crippen molar-refractivity contribution in [1.82, 2.24) is 40.4 Å². The fraction of sp³-hybridized carbons (Fsp3) is 0.419. The first-order valence-electron chi connectivity index (χ1n) is 20.0. The lowest BCUT2D eigenvalue weighted by Gasteiger charge is -2.63. The van der Waals surface area contributed by atoms with E-state index in [4.69, 9.17) is 22.9 Å². The monoisotopic (exact) mass is 832 g/mol. The van der Waals surface area contributed by atoms with Gasteiger partial charge in [0.2, 0.25) is 17.5 Å². The molecule has 3 fully saturated rings. The van der Waals surface area contributed by atoms with Crippen LogP contribution in [0, 0.1) is 17.4 Å². The van der Waals surface area contributed by atoms with E-state index in [-0.39, 0.29) is 52.9 Å². The van der Waals surface area contributed by atoms with Crippen molar-refractivity contribution in [3.8, 4) is 11.4 Å². The van der Waals surface area contributed by atoms with Gasteiger partial charge in [0.05, 0.1) is 45.9 Å². The summed E-state index contributed by atoms with van der Waals surface area (Å²) in [6.45, 7) is 19.7. The summed E-state index contributed by atoms with van der Waals surface area (Å²) in [7, 11) is 0. The molecule has 1 atom stereocenters. The van der Waals surface area contributed by atoms with Crippen molar-refractivity contribution in [2.24, 2.45) is 10.8 Å². The number of hydrogen-bond acceptors (Lipinski definition) is 11. The summed E-state index contributed by atoms with van der Waals surface area (Å²) < 4.78 is 7.94. The van der Waals surface area contributed by atoms with Crippen LogP contribution >= 0.6 is 11.6 Å². The van der Waals surface area contributed by atoms with Crippen LogP contribution in [-0.4, -0.2) is 110 Å². The predicted molar refractivity (Wildman–Crippen MR) is 220 cm³/mol. The third kappa shape index (κ3) is 7.47. The van der Waals surface area contributed by atoms with E-state index in [1.807, 2.05) is 18.3 Å². The van der Waals surface area contributed by atoms with Gasteiger partial charge in [-0.05, 0) is 68.3 Å². The predicted octanol–water partition coefficient (Wildman–Crippen LogP) is 4.63. The molecule has 0 radical (unpaired) electrons. The van der Waals surface area contributed by atoms with Crippen LogP contribution in [0.1, 0.15) is 83.7 Å². The first kappa shape index (κ1) is 40.6. The highest BCUT2D eigenvalue weighted by Crippen LogP contribution is 2.55. The minimum atomic E-state index is -1.02. The molecule has 2 saturated heterocycles. The molecule has 0 spiro atoms. The third-order valence-electron chi connectivity index (χ3n) is 12.3. The molecule has 1 unspecified atom stereocenters. The van der Waals surface area contributed by atoms with Gasteiger partial charge in [-0.3, -0.25) is 39.1 Å². The Kier molecular flexibility index (Phi) is 10.7. The Morgan fingerprint density at radius 2 is 1.73 bits per heavy atom. The number of carbonyl (C=O) groups excluding carboxylic acids is 5. The molecule has 3 aliphatic heterocycles. The Labute approximate surface area is 352 Å². The summed E-state index contributed by atoms with van der Waals surface area (Å²) in [4.78, 5) is 77.4. The molecule has 2 aromatic carbocycles. The number of aromatic nitrogens is 4. The van der Waals surface area contributed by atoms with E-state index in [0.717, 1.165) is 55.6 Å². The zero-order valence-corrected chi connectivity index (χ0v) is 34.5. The number of pyridine rings is 1. The van der Waals surface area contributed by atoms with Crippen LogP contribution in [0.15, 0.2) is 60.9 Å². The van der Waals surface area contributed by atoms with Crippen molar-refractivity contribution < 1.29 is 28.7 Å². The molecular weight excluding hydrogens is 788 g/mol. The molecule has 4 aromatic rings. The van der Waals surface area contributed by atoms with Crippen LogP contribution in [0.4, 0.5) is 11.5 Å². The second-order valence-corrected chi connectivity index (χ2v) is 17.3. The van der Waals surface area contributed by atoms with Crippen LogP contribution in [0.3, 0.4) is 0 Å². The number of fused-ring (bicyclic) bond motifs is 1. The van der Waals surface area contributed by atoms with E-state index in [0.29, 0.717) is 34.1 Å². The third-order valence-corrected chi connectivity index (χ3v) is 12.6. The zero-order valence-electron chi connectivity index (χ0n) is 33.8. The van der Waals surface area contributed by atoms with Gasteiger partial charge in [-0.1, -0.05) is 50.6 Å². The van der Waals surface area contributed by atoms with Gasteiger partial charge in [-0.15, -0.1) is 5.10 Å². The van der Waals surface area contributed by atoms with Crippen LogP contribution in [0.2, 0.25) is 5.02 Å². The fourth-order valence-corrected chi connectivity index (χ4v) is 9.55. The number of rotatable bonds is 11. The number of piperazine rings is 1. The van der Waals surface area contributed by atoms with E-state index in [2.05, 4.69) is 68.3 Å². The highest BCUT2D eigenvalue weighted by Gasteiger charge is 2.64. The summed E-state index contributed by atoms with van der Waals surface area (Å²) in [6.07, 6.45) is 4.96. The SMILES string of the molecule is [C-]#[N+]c1ccc(OC2C(C)(C)C(NC(=O)c3ccc(N4CCN(CCCc5cn(-c6ccc7c(c6)C(=O)N(C6CCC(=O)NC6=O)C7=O)nn5)CC4)nc3)C2(C)C)cc1Cl. The standard InChI is InChI=1S/C43H45ClN10O6/c1-42(2)40(43(3,4)41(42)60-28-10-12-32(45-5)31(44)22-28)48-36(56)25-8-14-34(46-23-25)52-19-17-51(18-20-52)16-6-7-26-24-53(50-49-26)27-9-11-29-30(21-27)39(59)54(38(29)58)33-13-15-35(55)47-37(33)57/h8-12,14,21-24,33,40-41H,6-7,13,15-20H2,1-4H3,(H,48,56)(H,47,55,57). The number of benzene rings is 2. The molecule has 310 valence electrons. The lowest BCUT2D eigenvalue weighted by atomic mass is 9.49. The van der Waals surface area contributed by atoms with E-state index in [9.17, 15) is 24.0 Å². The Hall–Kier alpha value is -6.18. The van der Waals surface area contributed by atoms with Gasteiger partial charge in [0, 0.05) is 55.7 Å². The van der Waals surface area contributed by atoms with Crippen molar-refractivity contribution in [1.29, 1.82) is 0 Å². The van der Waals surface area contributed by atoms with Gasteiger partial charge in [0.25, 0.3) is 17.7 Å². The number of carbonyl (C=O) groups is 5. The van der Waals surface area contributed by atoms with Crippen LogP contribution in [0.25, 0.3) is 10.5 Å². The van der Waals surface area contributed by atoms with Gasteiger partial charge in [0.15, 0.2) is 0 Å². The highest BCUT2D eigenvalue weighted by molar-refractivity contribution is 6.33. The maximum absolute atomic E-state index is 13.4. The second-order valence-electron chi connectivity index (χ2n) is 16.9. The number of nitrogens with one attached hydrogen (secondary N) is 2. The first-order chi connectivity index (χ1) is 28.6. The van der Waals surface area contributed by atoms with Crippen molar-refractivity contribution in [3.63, 3.8) is 0 Å². The topological polar surface area (TPSA) is 176 Å². The fourth-order valence-electron chi connectivity index (χ4n) is 9.33. The van der Waals surface area contributed by atoms with E-state index < -0.39 is 29.7 Å². The zero-order chi connectivity index (χ0) is 42.5. The Balaban J connectivity index is 0.789. The van der Waals surface area contributed by atoms with Crippen LogP contribution in [0.5, 0.6) is 5.75 Å². The Morgan fingerprint density at radius 3 is 2.42 bits per heavy atom. The molecule has 2 N–H and O–H groups in total. The van der Waals surface area contributed by atoms with Crippen molar-refractivity contribution in [2.75, 3.05) is 37.6 Å². The number of piperidine rings is 1. The summed E-state index contributed by atoms with van der Waals surface area (Å²) in [5.41, 5.74) is 1.86. The summed E-state index contributed by atoms with van der Waals surface area (Å²) in [5, 5.41) is 14.4. The molecule has 5 heterocycles. The number of imide groups is 2. The van der Waals surface area contributed by atoms with Gasteiger partial charge in [0.1, 0.15) is 23.7 Å². The van der Waals surface area contributed by atoms with E-state index in [1.54, 1.807) is 47.3 Å². The van der Waals surface area contributed by atoms with Gasteiger partial charge < -0.3 is 15.0 Å². The molecule has 1 aliphatic carbocycles. The molecule has 17 heteroatoms. The summed E-state index contributed by atoms with van der Waals surface area (Å²) in [6, 6.07) is 12.4. The van der Waals surface area contributed by atoms with Crippen molar-refractivity contribution in [3.05, 3.63) is 99.7 Å². The number of aryl methyl sites for hydroxylation is 1. The average molecular weight is 833 g/mol. The van der Waals surface area contributed by atoms with Gasteiger partial charge >= 0.3 is 0 Å². The van der Waals surface area contributed by atoms with Gasteiger partial charge in [-0.2, -0.15) is 0 Å². The Morgan fingerprint density at radius 1 is 0.983 bits per heavy atom. The van der Waals surface area contributed by atoms with Crippen LogP contribution < -0.4 is 20.3 Å². The first-order valence-corrected chi connectivity index (χ1v) is 20.4. The smallest absolute Gasteiger partial charge is 0.262 e. The van der Waals surface area contributed by atoms with Crippen LogP contribution in [-0.2, 0) is 16.0 Å². The largest absolute Gasteiger partial charge is 0.489 e. The lowest BCUT2D eigenvalue weighted by molar-refractivity contribution is -0.164. The molecular formula is C43H45ClN10O6. The lowest BCUT2D eigenvalue weighted by Crippen LogP contribution is -2.74. The molecule has 2 aromatic heterocycles. The second kappa shape index (κ2) is 15.8. The molecule has 0 bridgehead atoms. The number of hydrogen-bond donors (Lipinski definition) is 2.